The molecule has 4 unspecified atom stereocenters. The van der Waals surface area contributed by atoms with Gasteiger partial charge in [-0.05, 0) is 69.9 Å². The molecule has 8 nitrogen and oxygen atoms in total. The van der Waals surface area contributed by atoms with Gasteiger partial charge in [0.25, 0.3) is 5.91 Å². The summed E-state index contributed by atoms with van der Waals surface area (Å²) >= 11 is 4.34. The average molecular weight is 528 g/mol. The third-order valence-corrected chi connectivity index (χ3v) is 6.49. The molecule has 200 valence electrons. The lowest BCUT2D eigenvalue weighted by Gasteiger charge is -2.34. The molecule has 37 heavy (non-hydrogen) atoms. The van der Waals surface area contributed by atoms with E-state index in [1.807, 2.05) is 38.1 Å². The first-order valence-corrected chi connectivity index (χ1v) is 13.0. The molecule has 4 atom stereocenters. The van der Waals surface area contributed by atoms with Gasteiger partial charge < -0.3 is 25.0 Å². The molecule has 1 aliphatic rings. The number of benzene rings is 2. The summed E-state index contributed by atoms with van der Waals surface area (Å²) in [6.45, 7) is 9.25. The number of carbonyl (C=O) groups excluding carboxylic acids is 3. The number of nitrogens with zero attached hydrogens (tertiary/aromatic N) is 1. The van der Waals surface area contributed by atoms with E-state index in [1.54, 1.807) is 57.0 Å². The van der Waals surface area contributed by atoms with Crippen LogP contribution in [0.4, 0.5) is 10.5 Å². The van der Waals surface area contributed by atoms with Gasteiger partial charge in [0.05, 0.1) is 7.11 Å². The number of methoxy groups -OCH3 is 1. The van der Waals surface area contributed by atoms with E-state index >= 15 is 0 Å². The Bertz CT molecular complexity index is 1100. The minimum atomic E-state index is -0.965. The normalized spacial score (nSPS) is 18.2. The average Bonchev–Trinajstić information content (AvgIpc) is 3.56. The zero-order valence-corrected chi connectivity index (χ0v) is 23.2. The van der Waals surface area contributed by atoms with Crippen LogP contribution in [-0.2, 0) is 14.3 Å². The van der Waals surface area contributed by atoms with Crippen LogP contribution < -0.4 is 15.4 Å². The predicted molar refractivity (Wildman–Crippen MR) is 147 cm³/mol. The Hall–Kier alpha value is -3.20. The number of nitrogens with one attached hydrogen (secondary N) is 2. The van der Waals surface area contributed by atoms with Crippen LogP contribution >= 0.6 is 12.6 Å². The fourth-order valence-corrected chi connectivity index (χ4v) is 4.31. The Balaban J connectivity index is 1.95. The van der Waals surface area contributed by atoms with Crippen molar-refractivity contribution < 1.29 is 23.9 Å². The highest BCUT2D eigenvalue weighted by Gasteiger charge is 2.48. The largest absolute Gasteiger partial charge is 0.497 e. The minimum absolute atomic E-state index is 0.0520. The SMILES string of the molecule is COc1ccc(NC(=O)C(c2ccc(C)cc2)N(C(=O)C(CS)NC(=O)OC(C)(C)C)C2CC2C)cc1. The van der Waals surface area contributed by atoms with Gasteiger partial charge >= 0.3 is 6.09 Å². The number of hydrogen-bond acceptors (Lipinski definition) is 6. The fraction of sp³-hybridized carbons (Fsp3) is 0.464. The fourth-order valence-electron chi connectivity index (χ4n) is 4.06. The van der Waals surface area contributed by atoms with Gasteiger partial charge in [-0.25, -0.2) is 4.79 Å². The summed E-state index contributed by atoms with van der Waals surface area (Å²) in [6.07, 6.45) is 0.0496. The van der Waals surface area contributed by atoms with Crippen molar-refractivity contribution in [3.05, 3.63) is 59.7 Å². The maximum atomic E-state index is 13.9. The van der Waals surface area contributed by atoms with Gasteiger partial charge in [-0.1, -0.05) is 36.8 Å². The number of amides is 3. The lowest BCUT2D eigenvalue weighted by atomic mass is 10.0. The van der Waals surface area contributed by atoms with E-state index in [1.165, 1.54) is 0 Å². The number of anilines is 1. The van der Waals surface area contributed by atoms with Crippen molar-refractivity contribution in [3.63, 3.8) is 0 Å². The Morgan fingerprint density at radius 1 is 1.08 bits per heavy atom. The van der Waals surface area contributed by atoms with Crippen LogP contribution in [0.5, 0.6) is 5.75 Å². The molecule has 0 bridgehead atoms. The van der Waals surface area contributed by atoms with E-state index in [2.05, 4.69) is 23.3 Å². The van der Waals surface area contributed by atoms with Crippen molar-refractivity contribution in [2.45, 2.75) is 64.8 Å². The molecule has 1 aliphatic carbocycles. The van der Waals surface area contributed by atoms with Gasteiger partial charge in [-0.3, -0.25) is 9.59 Å². The molecular formula is C28H37N3O5S. The zero-order chi connectivity index (χ0) is 27.3. The highest BCUT2D eigenvalue weighted by Crippen LogP contribution is 2.41. The number of alkyl carbamates (subject to hydrolysis) is 1. The van der Waals surface area contributed by atoms with Crippen LogP contribution in [0.15, 0.2) is 48.5 Å². The first-order valence-electron chi connectivity index (χ1n) is 12.4. The van der Waals surface area contributed by atoms with Crippen molar-refractivity contribution in [1.29, 1.82) is 0 Å². The maximum absolute atomic E-state index is 13.9. The number of rotatable bonds is 9. The van der Waals surface area contributed by atoms with Crippen LogP contribution in [0, 0.1) is 12.8 Å². The molecule has 3 amide bonds. The Labute approximate surface area is 224 Å². The molecule has 9 heteroatoms. The molecule has 1 saturated carbocycles. The van der Waals surface area contributed by atoms with Gasteiger partial charge in [0.2, 0.25) is 5.91 Å². The lowest BCUT2D eigenvalue weighted by Crippen LogP contribution is -2.54. The molecule has 0 heterocycles. The second-order valence-electron chi connectivity index (χ2n) is 10.4. The standard InChI is InChI=1S/C28H37N3O5S/c1-17-7-9-19(10-8-17)24(25(32)29-20-11-13-21(35-6)14-12-20)31(23-15-18(23)2)26(33)22(16-37)30-27(34)36-28(3,4)5/h7-14,18,22-24,37H,15-16H2,1-6H3,(H,29,32)(H,30,34). The van der Waals surface area contributed by atoms with Crippen LogP contribution in [0.1, 0.15) is 51.3 Å². The van der Waals surface area contributed by atoms with Crippen molar-refractivity contribution >= 4 is 36.2 Å². The van der Waals surface area contributed by atoms with Gasteiger partial charge in [0.1, 0.15) is 23.4 Å². The molecule has 2 N–H and O–H groups in total. The minimum Gasteiger partial charge on any atom is -0.497 e. The third-order valence-electron chi connectivity index (χ3n) is 6.13. The topological polar surface area (TPSA) is 97.0 Å². The van der Waals surface area contributed by atoms with Crippen LogP contribution in [0.2, 0.25) is 0 Å². The molecule has 0 aromatic heterocycles. The lowest BCUT2D eigenvalue weighted by molar-refractivity contribution is -0.141. The highest BCUT2D eigenvalue weighted by atomic mass is 32.1. The predicted octanol–water partition coefficient (Wildman–Crippen LogP) is 4.74. The zero-order valence-electron chi connectivity index (χ0n) is 22.3. The van der Waals surface area contributed by atoms with E-state index < -0.39 is 23.8 Å². The van der Waals surface area contributed by atoms with E-state index in [0.29, 0.717) is 17.0 Å². The Kier molecular flexibility index (Phi) is 9.12. The summed E-state index contributed by atoms with van der Waals surface area (Å²) in [5.41, 5.74) is 1.58. The molecule has 0 radical (unpaired) electrons. The number of aryl methyl sites for hydroxylation is 1. The van der Waals surface area contributed by atoms with E-state index in [0.717, 1.165) is 12.0 Å². The number of ether oxygens (including phenoxy) is 2. The van der Waals surface area contributed by atoms with Gasteiger partial charge in [-0.15, -0.1) is 0 Å². The molecule has 3 rings (SSSR count). The molecule has 1 fully saturated rings. The quantitative estimate of drug-likeness (QED) is 0.409. The summed E-state index contributed by atoms with van der Waals surface area (Å²) < 4.78 is 10.6. The van der Waals surface area contributed by atoms with Gasteiger partial charge in [0.15, 0.2) is 0 Å². The Morgan fingerprint density at radius 2 is 1.68 bits per heavy atom. The van der Waals surface area contributed by atoms with Crippen LogP contribution in [0.25, 0.3) is 0 Å². The molecular weight excluding hydrogens is 490 g/mol. The number of carbonyl (C=O) groups is 3. The van der Waals surface area contributed by atoms with E-state index in [-0.39, 0.29) is 29.5 Å². The Morgan fingerprint density at radius 3 is 2.16 bits per heavy atom. The number of hydrogen-bond donors (Lipinski definition) is 3. The summed E-state index contributed by atoms with van der Waals surface area (Å²) in [4.78, 5) is 41.8. The molecule has 0 spiro atoms. The third kappa shape index (κ3) is 7.64. The van der Waals surface area contributed by atoms with E-state index in [4.69, 9.17) is 9.47 Å². The first kappa shape index (κ1) is 28.4. The van der Waals surface area contributed by atoms with Crippen molar-refractivity contribution in [2.75, 3.05) is 18.2 Å². The van der Waals surface area contributed by atoms with Crippen LogP contribution in [0.3, 0.4) is 0 Å². The van der Waals surface area contributed by atoms with E-state index in [9.17, 15) is 14.4 Å². The second-order valence-corrected chi connectivity index (χ2v) is 10.8. The smallest absolute Gasteiger partial charge is 0.408 e. The van der Waals surface area contributed by atoms with Gasteiger partial charge in [-0.2, -0.15) is 12.6 Å². The first-order chi connectivity index (χ1) is 17.4. The summed E-state index contributed by atoms with van der Waals surface area (Å²) in [6, 6.07) is 12.5. The monoisotopic (exact) mass is 527 g/mol. The highest BCUT2D eigenvalue weighted by molar-refractivity contribution is 7.80. The molecule has 0 saturated heterocycles. The maximum Gasteiger partial charge on any atom is 0.408 e. The van der Waals surface area contributed by atoms with Gasteiger partial charge in [0, 0.05) is 17.5 Å². The summed E-state index contributed by atoms with van der Waals surface area (Å²) in [5, 5.41) is 5.59. The molecule has 2 aromatic carbocycles. The van der Waals surface area contributed by atoms with Crippen molar-refractivity contribution in [3.8, 4) is 5.75 Å². The summed E-state index contributed by atoms with van der Waals surface area (Å²) in [5.74, 6) is 0.202. The van der Waals surface area contributed by atoms with Crippen molar-refractivity contribution in [2.24, 2.45) is 5.92 Å². The molecule has 2 aromatic rings. The summed E-state index contributed by atoms with van der Waals surface area (Å²) in [7, 11) is 1.57. The number of thiol groups is 1. The molecule has 0 aliphatic heterocycles. The van der Waals surface area contributed by atoms with Crippen LogP contribution in [-0.4, -0.2) is 53.4 Å². The van der Waals surface area contributed by atoms with Crippen molar-refractivity contribution in [1.82, 2.24) is 10.2 Å². The second kappa shape index (κ2) is 11.9.